The average molecular weight is 212 g/mol. The second-order valence-electron chi connectivity index (χ2n) is 5.48. The van der Waals surface area contributed by atoms with E-state index >= 15 is 0 Å². The monoisotopic (exact) mass is 212 g/mol. The van der Waals surface area contributed by atoms with E-state index in [0.29, 0.717) is 19.1 Å². The highest BCUT2D eigenvalue weighted by Crippen LogP contribution is 2.20. The zero-order valence-electron chi connectivity index (χ0n) is 9.75. The maximum Gasteiger partial charge on any atom is 0.224 e. The SMILES string of the molecule is CC(C)(C)N1CC2COCC(CC1=O)N2. The second kappa shape index (κ2) is 3.76. The summed E-state index contributed by atoms with van der Waals surface area (Å²) in [7, 11) is 0. The minimum atomic E-state index is -0.0871. The third-order valence-electron chi connectivity index (χ3n) is 3.04. The highest BCUT2D eigenvalue weighted by atomic mass is 16.5. The molecule has 0 spiro atoms. The van der Waals surface area contributed by atoms with Crippen molar-refractivity contribution in [1.82, 2.24) is 10.2 Å². The summed E-state index contributed by atoms with van der Waals surface area (Å²) in [6.45, 7) is 8.40. The minimum absolute atomic E-state index is 0.0871. The molecule has 4 nitrogen and oxygen atoms in total. The fourth-order valence-corrected chi connectivity index (χ4v) is 2.30. The number of rotatable bonds is 0. The summed E-state index contributed by atoms with van der Waals surface area (Å²) in [6.07, 6.45) is 0.563. The number of amides is 1. The van der Waals surface area contributed by atoms with Crippen LogP contribution >= 0.6 is 0 Å². The van der Waals surface area contributed by atoms with Crippen LogP contribution in [0.1, 0.15) is 27.2 Å². The van der Waals surface area contributed by atoms with E-state index in [9.17, 15) is 4.79 Å². The van der Waals surface area contributed by atoms with E-state index in [0.717, 1.165) is 13.2 Å². The van der Waals surface area contributed by atoms with Gasteiger partial charge >= 0.3 is 0 Å². The first kappa shape index (κ1) is 10.9. The van der Waals surface area contributed by atoms with Gasteiger partial charge in [0.25, 0.3) is 0 Å². The standard InChI is InChI=1S/C11H20N2O2/c1-11(2,3)13-5-9-7-15-6-8(12-9)4-10(13)14/h8-9,12H,4-7H2,1-3H3. The topological polar surface area (TPSA) is 41.6 Å². The van der Waals surface area contributed by atoms with Crippen molar-refractivity contribution >= 4 is 5.91 Å². The molecule has 2 unspecified atom stereocenters. The van der Waals surface area contributed by atoms with Crippen molar-refractivity contribution in [2.75, 3.05) is 19.8 Å². The van der Waals surface area contributed by atoms with Crippen LogP contribution in [0.25, 0.3) is 0 Å². The number of fused-ring (bicyclic) bond motifs is 2. The fourth-order valence-electron chi connectivity index (χ4n) is 2.30. The van der Waals surface area contributed by atoms with Crippen molar-refractivity contribution in [2.24, 2.45) is 0 Å². The molecule has 1 amide bonds. The third kappa shape index (κ3) is 2.32. The second-order valence-corrected chi connectivity index (χ2v) is 5.48. The Hall–Kier alpha value is -0.610. The predicted octanol–water partition coefficient (Wildman–Crippen LogP) is 0.374. The van der Waals surface area contributed by atoms with Crippen molar-refractivity contribution in [3.05, 3.63) is 0 Å². The van der Waals surface area contributed by atoms with Gasteiger partial charge in [-0.3, -0.25) is 4.79 Å². The van der Waals surface area contributed by atoms with E-state index in [1.165, 1.54) is 0 Å². The zero-order chi connectivity index (χ0) is 11.1. The lowest BCUT2D eigenvalue weighted by Crippen LogP contribution is -2.52. The number of hydrogen-bond acceptors (Lipinski definition) is 3. The highest BCUT2D eigenvalue weighted by Gasteiger charge is 2.36. The van der Waals surface area contributed by atoms with E-state index in [1.807, 2.05) is 4.90 Å². The summed E-state index contributed by atoms with van der Waals surface area (Å²) in [4.78, 5) is 14.0. The number of nitrogens with one attached hydrogen (secondary N) is 1. The van der Waals surface area contributed by atoms with Crippen LogP contribution in [0.3, 0.4) is 0 Å². The van der Waals surface area contributed by atoms with Gasteiger partial charge in [0.1, 0.15) is 0 Å². The van der Waals surface area contributed by atoms with Gasteiger partial charge in [-0.05, 0) is 20.8 Å². The summed E-state index contributed by atoms with van der Waals surface area (Å²) >= 11 is 0. The average Bonchev–Trinajstić information content (AvgIpc) is 2.22. The van der Waals surface area contributed by atoms with Crippen molar-refractivity contribution in [3.8, 4) is 0 Å². The molecule has 2 fully saturated rings. The Kier molecular flexibility index (Phi) is 2.73. The molecule has 0 saturated carbocycles. The van der Waals surface area contributed by atoms with Crippen molar-refractivity contribution in [1.29, 1.82) is 0 Å². The molecular weight excluding hydrogens is 192 g/mol. The fraction of sp³-hybridized carbons (Fsp3) is 0.909. The summed E-state index contributed by atoms with van der Waals surface area (Å²) in [5.74, 6) is 0.244. The van der Waals surface area contributed by atoms with Crippen LogP contribution in [0.4, 0.5) is 0 Å². The Labute approximate surface area is 91.0 Å². The van der Waals surface area contributed by atoms with Crippen molar-refractivity contribution in [3.63, 3.8) is 0 Å². The molecule has 0 aliphatic carbocycles. The van der Waals surface area contributed by atoms with Gasteiger partial charge < -0.3 is 15.0 Å². The van der Waals surface area contributed by atoms with Crippen LogP contribution < -0.4 is 5.32 Å². The number of carbonyl (C=O) groups is 1. The normalized spacial score (nSPS) is 32.7. The van der Waals surface area contributed by atoms with Crippen LogP contribution in [0.15, 0.2) is 0 Å². The quantitative estimate of drug-likeness (QED) is 0.631. The lowest BCUT2D eigenvalue weighted by molar-refractivity contribution is -0.135. The Balaban J connectivity index is 2.16. The summed E-state index contributed by atoms with van der Waals surface area (Å²) in [5.41, 5.74) is -0.0871. The first-order valence-corrected chi connectivity index (χ1v) is 5.61. The molecule has 2 atom stereocenters. The first-order valence-electron chi connectivity index (χ1n) is 5.61. The van der Waals surface area contributed by atoms with Gasteiger partial charge in [0.15, 0.2) is 0 Å². The molecule has 0 radical (unpaired) electrons. The summed E-state index contributed by atoms with van der Waals surface area (Å²) in [6, 6.07) is 0.512. The van der Waals surface area contributed by atoms with E-state index in [4.69, 9.17) is 4.74 Å². The Bertz CT molecular complexity index is 260. The van der Waals surface area contributed by atoms with Crippen molar-refractivity contribution < 1.29 is 9.53 Å². The van der Waals surface area contributed by atoms with Crippen LogP contribution in [-0.2, 0) is 9.53 Å². The van der Waals surface area contributed by atoms with Gasteiger partial charge in [-0.25, -0.2) is 0 Å². The maximum absolute atomic E-state index is 12.0. The molecule has 2 rings (SSSR count). The molecule has 4 heteroatoms. The Morgan fingerprint density at radius 2 is 2.00 bits per heavy atom. The molecular formula is C11H20N2O2. The zero-order valence-corrected chi connectivity index (χ0v) is 9.75. The van der Waals surface area contributed by atoms with E-state index < -0.39 is 0 Å². The lowest BCUT2D eigenvalue weighted by atomic mass is 10.0. The van der Waals surface area contributed by atoms with Gasteiger partial charge in [0.2, 0.25) is 5.91 Å². The van der Waals surface area contributed by atoms with Crippen LogP contribution in [0, 0.1) is 0 Å². The van der Waals surface area contributed by atoms with Gasteiger partial charge in [-0.2, -0.15) is 0 Å². The number of nitrogens with zero attached hydrogens (tertiary/aromatic N) is 1. The molecule has 15 heavy (non-hydrogen) atoms. The molecule has 1 N–H and O–H groups in total. The Morgan fingerprint density at radius 1 is 1.33 bits per heavy atom. The minimum Gasteiger partial charge on any atom is -0.378 e. The predicted molar refractivity (Wildman–Crippen MR) is 57.6 cm³/mol. The van der Waals surface area contributed by atoms with Crippen LogP contribution in [0.2, 0.25) is 0 Å². The first-order chi connectivity index (χ1) is 6.97. The molecule has 2 saturated heterocycles. The summed E-state index contributed by atoms with van der Waals surface area (Å²) in [5, 5.41) is 3.46. The molecule has 0 aromatic rings. The maximum atomic E-state index is 12.0. The van der Waals surface area contributed by atoms with Crippen LogP contribution in [-0.4, -0.2) is 48.2 Å². The van der Waals surface area contributed by atoms with Gasteiger partial charge in [0, 0.05) is 30.6 Å². The molecule has 0 aromatic heterocycles. The molecule has 2 aliphatic heterocycles. The Morgan fingerprint density at radius 3 is 2.67 bits per heavy atom. The number of morpholine rings is 1. The molecule has 0 aromatic carbocycles. The van der Waals surface area contributed by atoms with E-state index in [-0.39, 0.29) is 17.5 Å². The summed E-state index contributed by atoms with van der Waals surface area (Å²) < 4.78 is 5.48. The number of hydrogen-bond donors (Lipinski definition) is 1. The third-order valence-corrected chi connectivity index (χ3v) is 3.04. The van der Waals surface area contributed by atoms with E-state index in [1.54, 1.807) is 0 Å². The molecule has 2 bridgehead atoms. The van der Waals surface area contributed by atoms with E-state index in [2.05, 4.69) is 26.1 Å². The largest absolute Gasteiger partial charge is 0.378 e. The lowest BCUT2D eigenvalue weighted by Gasteiger charge is -2.36. The smallest absolute Gasteiger partial charge is 0.224 e. The van der Waals surface area contributed by atoms with Gasteiger partial charge in [-0.15, -0.1) is 0 Å². The van der Waals surface area contributed by atoms with Crippen LogP contribution in [0.5, 0.6) is 0 Å². The highest BCUT2D eigenvalue weighted by molar-refractivity contribution is 5.78. The number of ether oxygens (including phenoxy) is 1. The van der Waals surface area contributed by atoms with Gasteiger partial charge in [0.05, 0.1) is 13.2 Å². The number of carbonyl (C=O) groups excluding carboxylic acids is 1. The van der Waals surface area contributed by atoms with Gasteiger partial charge in [-0.1, -0.05) is 0 Å². The molecule has 86 valence electrons. The van der Waals surface area contributed by atoms with Crippen molar-refractivity contribution in [2.45, 2.75) is 44.8 Å². The molecule has 2 aliphatic rings. The molecule has 2 heterocycles.